The van der Waals surface area contributed by atoms with Crippen LogP contribution in [0.4, 0.5) is 0 Å². The van der Waals surface area contributed by atoms with Gasteiger partial charge < -0.3 is 4.90 Å². The van der Waals surface area contributed by atoms with Crippen LogP contribution in [0.5, 0.6) is 0 Å². The molecule has 1 fully saturated rings. The Morgan fingerprint density at radius 3 is 2.88 bits per heavy atom. The van der Waals surface area contributed by atoms with Crippen molar-refractivity contribution in [2.75, 3.05) is 20.1 Å². The quantitative estimate of drug-likeness (QED) is 0.808. The van der Waals surface area contributed by atoms with Crippen LogP contribution in [0.1, 0.15) is 36.4 Å². The summed E-state index contributed by atoms with van der Waals surface area (Å²) < 4.78 is 0. The van der Waals surface area contributed by atoms with Gasteiger partial charge in [-0.3, -0.25) is 4.79 Å². The van der Waals surface area contributed by atoms with Crippen molar-refractivity contribution < 1.29 is 4.79 Å². The highest BCUT2D eigenvalue weighted by molar-refractivity contribution is 7.09. The second-order valence-corrected chi connectivity index (χ2v) is 5.52. The normalized spacial score (nSPS) is 18.9. The molecule has 0 radical (unpaired) electrons. The van der Waals surface area contributed by atoms with E-state index in [1.54, 1.807) is 18.3 Å². The Balaban J connectivity index is 1.99. The fourth-order valence-corrected chi connectivity index (χ4v) is 3.09. The van der Waals surface area contributed by atoms with Crippen LogP contribution >= 0.6 is 11.3 Å². The van der Waals surface area contributed by atoms with Crippen molar-refractivity contribution in [2.45, 2.75) is 32.1 Å². The van der Waals surface area contributed by atoms with E-state index < -0.39 is 0 Å². The second kappa shape index (κ2) is 5.06. The predicted octanol–water partition coefficient (Wildman–Crippen LogP) is 2.08. The maximum absolute atomic E-state index is 11.0. The van der Waals surface area contributed by atoms with E-state index >= 15 is 0 Å². The van der Waals surface area contributed by atoms with E-state index in [9.17, 15) is 4.79 Å². The van der Waals surface area contributed by atoms with Crippen molar-refractivity contribution in [1.82, 2.24) is 9.88 Å². The molecule has 2 rings (SSSR count). The first-order chi connectivity index (χ1) is 7.65. The molecule has 0 atom stereocenters. The Morgan fingerprint density at radius 2 is 2.25 bits per heavy atom. The number of piperidine rings is 1. The standard InChI is InChI=1S/C12H18N2OS/c1-9(15)7-11-8-16-12(13-11)10-3-5-14(2)6-4-10/h8,10H,3-7H2,1-2H3. The number of hydrogen-bond acceptors (Lipinski definition) is 4. The van der Waals surface area contributed by atoms with Crippen molar-refractivity contribution in [2.24, 2.45) is 0 Å². The van der Waals surface area contributed by atoms with E-state index in [1.165, 1.54) is 17.8 Å². The van der Waals surface area contributed by atoms with E-state index in [1.807, 2.05) is 5.38 Å². The molecule has 1 aromatic rings. The highest BCUT2D eigenvalue weighted by atomic mass is 32.1. The maximum atomic E-state index is 11.0. The molecule has 0 unspecified atom stereocenters. The summed E-state index contributed by atoms with van der Waals surface area (Å²) in [4.78, 5) is 17.9. The first-order valence-corrected chi connectivity index (χ1v) is 6.65. The first kappa shape index (κ1) is 11.7. The lowest BCUT2D eigenvalue weighted by Gasteiger charge is -2.27. The van der Waals surface area contributed by atoms with Gasteiger partial charge in [-0.05, 0) is 39.9 Å². The van der Waals surface area contributed by atoms with E-state index in [2.05, 4.69) is 16.9 Å². The van der Waals surface area contributed by atoms with Gasteiger partial charge in [0, 0.05) is 17.7 Å². The third-order valence-corrected chi connectivity index (χ3v) is 4.12. The fraction of sp³-hybridized carbons (Fsp3) is 0.667. The smallest absolute Gasteiger partial charge is 0.135 e. The minimum atomic E-state index is 0.195. The molecule has 0 amide bonds. The van der Waals surface area contributed by atoms with Gasteiger partial charge in [0.05, 0.1) is 10.7 Å². The summed E-state index contributed by atoms with van der Waals surface area (Å²) in [6.07, 6.45) is 2.89. The Kier molecular flexibility index (Phi) is 3.71. The number of ketones is 1. The third kappa shape index (κ3) is 2.89. The van der Waals surface area contributed by atoms with E-state index in [0.717, 1.165) is 18.8 Å². The SMILES string of the molecule is CC(=O)Cc1csc(C2CCN(C)CC2)n1. The van der Waals surface area contributed by atoms with Crippen LogP contribution in [0.15, 0.2) is 5.38 Å². The lowest BCUT2D eigenvalue weighted by molar-refractivity contribution is -0.116. The second-order valence-electron chi connectivity index (χ2n) is 4.63. The van der Waals surface area contributed by atoms with Crippen molar-refractivity contribution in [3.05, 3.63) is 16.1 Å². The van der Waals surface area contributed by atoms with Crippen LogP contribution in [0.3, 0.4) is 0 Å². The zero-order valence-electron chi connectivity index (χ0n) is 9.90. The first-order valence-electron chi connectivity index (χ1n) is 5.77. The summed E-state index contributed by atoms with van der Waals surface area (Å²) in [5.41, 5.74) is 0.950. The minimum absolute atomic E-state index is 0.195. The van der Waals surface area contributed by atoms with Gasteiger partial charge in [0.2, 0.25) is 0 Å². The van der Waals surface area contributed by atoms with Gasteiger partial charge in [-0.25, -0.2) is 4.98 Å². The highest BCUT2D eigenvalue weighted by Crippen LogP contribution is 2.29. The summed E-state index contributed by atoms with van der Waals surface area (Å²) in [6.45, 7) is 3.94. The van der Waals surface area contributed by atoms with Crippen molar-refractivity contribution in [3.8, 4) is 0 Å². The number of Topliss-reactive ketones (excluding diaryl/α,β-unsaturated/α-hetero) is 1. The minimum Gasteiger partial charge on any atom is -0.306 e. The van der Waals surface area contributed by atoms with Crippen LogP contribution in [0, 0.1) is 0 Å². The number of thiazole rings is 1. The summed E-state index contributed by atoms with van der Waals surface area (Å²) in [7, 11) is 2.17. The van der Waals surface area contributed by atoms with Crippen molar-refractivity contribution >= 4 is 17.1 Å². The van der Waals surface area contributed by atoms with Gasteiger partial charge in [-0.15, -0.1) is 11.3 Å². The Labute approximate surface area is 100 Å². The van der Waals surface area contributed by atoms with Gasteiger partial charge in [-0.2, -0.15) is 0 Å². The van der Waals surface area contributed by atoms with Crippen LogP contribution in [0.25, 0.3) is 0 Å². The zero-order chi connectivity index (χ0) is 11.5. The third-order valence-electron chi connectivity index (χ3n) is 3.07. The van der Waals surface area contributed by atoms with Gasteiger partial charge >= 0.3 is 0 Å². The van der Waals surface area contributed by atoms with Crippen LogP contribution in [-0.4, -0.2) is 35.8 Å². The number of rotatable bonds is 3. The van der Waals surface area contributed by atoms with Gasteiger partial charge in [0.15, 0.2) is 0 Å². The molecule has 0 saturated carbocycles. The van der Waals surface area contributed by atoms with Crippen LogP contribution in [0.2, 0.25) is 0 Å². The molecule has 0 N–H and O–H groups in total. The Bertz CT molecular complexity index is 367. The fourth-order valence-electron chi connectivity index (χ4n) is 2.10. The van der Waals surface area contributed by atoms with E-state index in [-0.39, 0.29) is 5.78 Å². The number of hydrogen-bond donors (Lipinski definition) is 0. The summed E-state index contributed by atoms with van der Waals surface area (Å²) in [5, 5.41) is 3.26. The zero-order valence-corrected chi connectivity index (χ0v) is 10.7. The van der Waals surface area contributed by atoms with E-state index in [4.69, 9.17) is 0 Å². The predicted molar refractivity (Wildman–Crippen MR) is 66.0 cm³/mol. The highest BCUT2D eigenvalue weighted by Gasteiger charge is 2.21. The Hall–Kier alpha value is -0.740. The van der Waals surface area contributed by atoms with Gasteiger partial charge in [0.1, 0.15) is 5.78 Å². The number of aromatic nitrogens is 1. The average Bonchev–Trinajstić information content (AvgIpc) is 2.66. The Morgan fingerprint density at radius 1 is 1.56 bits per heavy atom. The molecule has 1 aliphatic heterocycles. The van der Waals surface area contributed by atoms with Crippen molar-refractivity contribution in [1.29, 1.82) is 0 Å². The lowest BCUT2D eigenvalue weighted by atomic mass is 9.98. The monoisotopic (exact) mass is 238 g/mol. The molecule has 0 spiro atoms. The molecular weight excluding hydrogens is 220 g/mol. The van der Waals surface area contributed by atoms with Gasteiger partial charge in [-0.1, -0.05) is 0 Å². The number of carbonyl (C=O) groups excluding carboxylic acids is 1. The maximum Gasteiger partial charge on any atom is 0.135 e. The number of carbonyl (C=O) groups is 1. The van der Waals surface area contributed by atoms with Crippen LogP contribution < -0.4 is 0 Å². The van der Waals surface area contributed by atoms with Crippen molar-refractivity contribution in [3.63, 3.8) is 0 Å². The van der Waals surface area contributed by atoms with Gasteiger partial charge in [0.25, 0.3) is 0 Å². The number of nitrogens with zero attached hydrogens (tertiary/aromatic N) is 2. The molecule has 16 heavy (non-hydrogen) atoms. The molecule has 1 aromatic heterocycles. The lowest BCUT2D eigenvalue weighted by Crippen LogP contribution is -2.29. The molecule has 4 heteroatoms. The molecule has 1 aliphatic rings. The molecular formula is C12H18N2OS. The topological polar surface area (TPSA) is 33.2 Å². The average molecular weight is 238 g/mol. The summed E-state index contributed by atoms with van der Waals surface area (Å²) in [5.74, 6) is 0.808. The molecule has 2 heterocycles. The molecule has 3 nitrogen and oxygen atoms in total. The molecule has 0 aliphatic carbocycles. The summed E-state index contributed by atoms with van der Waals surface area (Å²) >= 11 is 1.72. The van der Waals surface area contributed by atoms with E-state index in [0.29, 0.717) is 12.3 Å². The van der Waals surface area contributed by atoms with Crippen LogP contribution in [-0.2, 0) is 11.2 Å². The molecule has 1 saturated heterocycles. The molecule has 0 bridgehead atoms. The number of likely N-dealkylation sites (tertiary alicyclic amines) is 1. The molecule has 0 aromatic carbocycles. The summed E-state index contributed by atoms with van der Waals surface area (Å²) in [6, 6.07) is 0. The largest absolute Gasteiger partial charge is 0.306 e. The molecule has 88 valence electrons.